The van der Waals surface area contributed by atoms with Gasteiger partial charge in [-0.1, -0.05) is 12.2 Å². The van der Waals surface area contributed by atoms with Crippen molar-refractivity contribution >= 4 is 6.09 Å². The lowest BCUT2D eigenvalue weighted by atomic mass is 9.68. The van der Waals surface area contributed by atoms with Crippen LogP contribution in [0.4, 0.5) is 4.79 Å². The Morgan fingerprint density at radius 3 is 2.76 bits per heavy atom. The highest BCUT2D eigenvalue weighted by Crippen LogP contribution is 2.48. The highest BCUT2D eigenvalue weighted by atomic mass is 16.6. The minimum absolute atomic E-state index is 0.164. The first-order valence-corrected chi connectivity index (χ1v) is 7.98. The van der Waals surface area contributed by atoms with Crippen LogP contribution < -0.4 is 5.32 Å². The smallest absolute Gasteiger partial charge is 0.410 e. The van der Waals surface area contributed by atoms with Gasteiger partial charge in [-0.15, -0.1) is 0 Å². The van der Waals surface area contributed by atoms with Gasteiger partial charge < -0.3 is 15.0 Å². The molecule has 0 bridgehead atoms. The molecule has 2 saturated heterocycles. The highest BCUT2D eigenvalue weighted by Gasteiger charge is 2.47. The van der Waals surface area contributed by atoms with E-state index in [0.717, 1.165) is 38.9 Å². The Bertz CT molecular complexity index is 480. The Hall–Kier alpha value is -1.45. The number of carbonyl (C=O) groups excluding carboxylic acids is 1. The quantitative estimate of drug-likeness (QED) is 0.745. The lowest BCUT2D eigenvalue weighted by Crippen LogP contribution is -2.47. The minimum atomic E-state index is -0.412. The summed E-state index contributed by atoms with van der Waals surface area (Å²) < 4.78 is 5.48. The van der Waals surface area contributed by atoms with E-state index in [1.54, 1.807) is 0 Å². The molecule has 1 spiro atoms. The molecular formula is C17H26N2O2. The van der Waals surface area contributed by atoms with Crippen LogP contribution in [0.1, 0.15) is 40.0 Å². The molecule has 21 heavy (non-hydrogen) atoms. The molecule has 3 rings (SSSR count). The molecule has 0 aromatic heterocycles. The number of fused-ring (bicyclic) bond motifs is 2. The summed E-state index contributed by atoms with van der Waals surface area (Å²) in [5, 5.41) is 3.58. The number of nitrogens with one attached hydrogen (secondary N) is 1. The van der Waals surface area contributed by atoms with Gasteiger partial charge in [0.1, 0.15) is 5.60 Å². The number of allylic oxidation sites excluding steroid dienone is 4. The second kappa shape index (κ2) is 5.08. The second-order valence-corrected chi connectivity index (χ2v) is 7.52. The topological polar surface area (TPSA) is 41.6 Å². The molecule has 0 aromatic rings. The van der Waals surface area contributed by atoms with E-state index < -0.39 is 5.60 Å². The number of hydrogen-bond acceptors (Lipinski definition) is 3. The van der Waals surface area contributed by atoms with Gasteiger partial charge in [0.15, 0.2) is 0 Å². The zero-order valence-corrected chi connectivity index (χ0v) is 13.3. The van der Waals surface area contributed by atoms with Crippen molar-refractivity contribution < 1.29 is 9.53 Å². The fourth-order valence-electron chi connectivity index (χ4n) is 3.78. The van der Waals surface area contributed by atoms with Crippen LogP contribution >= 0.6 is 0 Å². The zero-order valence-electron chi connectivity index (χ0n) is 13.3. The molecule has 0 saturated carbocycles. The monoisotopic (exact) mass is 290 g/mol. The Morgan fingerprint density at radius 1 is 1.38 bits per heavy atom. The maximum absolute atomic E-state index is 12.2. The van der Waals surface area contributed by atoms with E-state index in [9.17, 15) is 4.79 Å². The Balaban J connectivity index is 1.62. The molecule has 0 aromatic carbocycles. The van der Waals surface area contributed by atoms with Crippen molar-refractivity contribution in [2.24, 2.45) is 11.3 Å². The van der Waals surface area contributed by atoms with Gasteiger partial charge in [-0.05, 0) is 51.5 Å². The molecule has 1 aliphatic carbocycles. The first-order chi connectivity index (χ1) is 9.90. The van der Waals surface area contributed by atoms with Gasteiger partial charge in [-0.25, -0.2) is 4.79 Å². The van der Waals surface area contributed by atoms with Crippen LogP contribution in [0.25, 0.3) is 0 Å². The van der Waals surface area contributed by atoms with Crippen LogP contribution in [-0.2, 0) is 4.74 Å². The second-order valence-electron chi connectivity index (χ2n) is 7.52. The van der Waals surface area contributed by atoms with Gasteiger partial charge in [-0.2, -0.15) is 0 Å². The molecule has 1 amide bonds. The van der Waals surface area contributed by atoms with Crippen LogP contribution in [0.5, 0.6) is 0 Å². The Morgan fingerprint density at radius 2 is 2.10 bits per heavy atom. The number of amides is 1. The van der Waals surface area contributed by atoms with Gasteiger partial charge in [-0.3, -0.25) is 0 Å². The molecule has 3 aliphatic rings. The summed E-state index contributed by atoms with van der Waals surface area (Å²) >= 11 is 0. The minimum Gasteiger partial charge on any atom is -0.444 e. The van der Waals surface area contributed by atoms with E-state index in [2.05, 4.69) is 23.5 Å². The van der Waals surface area contributed by atoms with Gasteiger partial charge >= 0.3 is 6.09 Å². The summed E-state index contributed by atoms with van der Waals surface area (Å²) in [5.74, 6) is 0.614. The molecule has 1 atom stereocenters. The molecule has 4 heteroatoms. The number of nitrogens with zero attached hydrogens (tertiary/aromatic N) is 1. The number of carbonyl (C=O) groups is 1. The summed E-state index contributed by atoms with van der Waals surface area (Å²) in [5.41, 5.74) is 1.31. The molecule has 0 radical (unpaired) electrons. The number of ether oxygens (including phenoxy) is 1. The summed E-state index contributed by atoms with van der Waals surface area (Å²) in [6.07, 6.45) is 9.72. The van der Waals surface area contributed by atoms with E-state index in [4.69, 9.17) is 4.74 Å². The van der Waals surface area contributed by atoms with Crippen LogP contribution in [0.2, 0.25) is 0 Å². The fraction of sp³-hybridized carbons (Fsp3) is 0.706. The van der Waals surface area contributed by atoms with E-state index >= 15 is 0 Å². The summed E-state index contributed by atoms with van der Waals surface area (Å²) in [4.78, 5) is 14.0. The van der Waals surface area contributed by atoms with Crippen molar-refractivity contribution in [1.29, 1.82) is 0 Å². The van der Waals surface area contributed by atoms with Gasteiger partial charge in [0.25, 0.3) is 0 Å². The lowest BCUT2D eigenvalue weighted by molar-refractivity contribution is 0.00755. The first-order valence-electron chi connectivity index (χ1n) is 7.98. The first kappa shape index (κ1) is 14.5. The summed E-state index contributed by atoms with van der Waals surface area (Å²) in [7, 11) is 0. The molecule has 116 valence electrons. The van der Waals surface area contributed by atoms with Gasteiger partial charge in [0.2, 0.25) is 0 Å². The molecule has 2 fully saturated rings. The molecule has 4 nitrogen and oxygen atoms in total. The average Bonchev–Trinajstić information content (AvgIpc) is 2.77. The Labute approximate surface area is 127 Å². The van der Waals surface area contributed by atoms with Crippen molar-refractivity contribution in [3.63, 3.8) is 0 Å². The third-order valence-electron chi connectivity index (χ3n) is 4.95. The maximum Gasteiger partial charge on any atom is 0.410 e. The maximum atomic E-state index is 12.2. The van der Waals surface area contributed by atoms with Crippen LogP contribution in [-0.4, -0.2) is 36.2 Å². The molecule has 2 aliphatic heterocycles. The van der Waals surface area contributed by atoms with Crippen LogP contribution in [0.3, 0.4) is 0 Å². The van der Waals surface area contributed by atoms with Crippen molar-refractivity contribution in [2.45, 2.75) is 45.6 Å². The van der Waals surface area contributed by atoms with E-state index in [1.165, 1.54) is 5.70 Å². The zero-order chi connectivity index (χ0) is 15.1. The SMILES string of the molecule is CC(C)(C)OC(=O)N1CCC2(CC1)CNC1=CC=CCC12. The van der Waals surface area contributed by atoms with E-state index in [0.29, 0.717) is 11.3 Å². The predicted molar refractivity (Wildman–Crippen MR) is 82.8 cm³/mol. The fourth-order valence-corrected chi connectivity index (χ4v) is 3.78. The molecule has 2 heterocycles. The molecule has 1 N–H and O–H groups in total. The van der Waals surface area contributed by atoms with Crippen molar-refractivity contribution in [2.75, 3.05) is 19.6 Å². The van der Waals surface area contributed by atoms with Crippen LogP contribution in [0.15, 0.2) is 23.9 Å². The number of rotatable bonds is 0. The highest BCUT2D eigenvalue weighted by molar-refractivity contribution is 5.68. The lowest BCUT2D eigenvalue weighted by Gasteiger charge is -2.42. The predicted octanol–water partition coefficient (Wildman–Crippen LogP) is 3.07. The van der Waals surface area contributed by atoms with Crippen molar-refractivity contribution in [3.05, 3.63) is 23.9 Å². The summed E-state index contributed by atoms with van der Waals surface area (Å²) in [6, 6.07) is 0. The number of hydrogen-bond donors (Lipinski definition) is 1. The molecular weight excluding hydrogens is 264 g/mol. The normalized spacial score (nSPS) is 27.1. The van der Waals surface area contributed by atoms with Crippen molar-refractivity contribution in [3.8, 4) is 0 Å². The third-order valence-corrected chi connectivity index (χ3v) is 4.95. The average molecular weight is 290 g/mol. The molecule has 1 unspecified atom stereocenters. The van der Waals surface area contributed by atoms with E-state index in [1.807, 2.05) is 25.7 Å². The van der Waals surface area contributed by atoms with Crippen molar-refractivity contribution in [1.82, 2.24) is 10.2 Å². The van der Waals surface area contributed by atoms with E-state index in [-0.39, 0.29) is 6.09 Å². The van der Waals surface area contributed by atoms with Gasteiger partial charge in [0.05, 0.1) is 0 Å². The van der Waals surface area contributed by atoms with Crippen LogP contribution in [0, 0.1) is 11.3 Å². The Kier molecular flexibility index (Phi) is 3.50. The van der Waals surface area contributed by atoms with Gasteiger partial charge in [0, 0.05) is 31.2 Å². The standard InChI is InChI=1S/C17H26N2O2/c1-16(2,3)21-15(20)19-10-8-17(9-11-19)12-18-14-7-5-4-6-13(14)17/h4-5,7,13,18H,6,8-12H2,1-3H3. The third kappa shape index (κ3) is 2.81. The largest absolute Gasteiger partial charge is 0.444 e. The summed E-state index contributed by atoms with van der Waals surface area (Å²) in [6.45, 7) is 8.43. The number of piperidine rings is 1. The number of likely N-dealkylation sites (tertiary alicyclic amines) is 1.